The van der Waals surface area contributed by atoms with Crippen LogP contribution in [-0.2, 0) is 17.8 Å². The zero-order chi connectivity index (χ0) is 22.3. The second-order valence-corrected chi connectivity index (χ2v) is 8.68. The Morgan fingerprint density at radius 3 is 2.68 bits per heavy atom. The number of carbonyl (C=O) groups excluding carboxylic acids is 1. The Hall–Kier alpha value is -2.26. The average molecular weight is 454 g/mol. The Bertz CT molecular complexity index is 975. The maximum Gasteiger partial charge on any atom is 0.265 e. The molecular weight excluding hydrogens is 428 g/mol. The molecule has 4 rings (SSSR count). The number of carbonyl (C=O) groups is 1. The Balaban J connectivity index is 1.74. The number of hydrogen-bond acceptors (Lipinski definition) is 5. The van der Waals surface area contributed by atoms with Gasteiger partial charge in [0, 0.05) is 50.0 Å². The Morgan fingerprint density at radius 1 is 1.32 bits per heavy atom. The van der Waals surface area contributed by atoms with Gasteiger partial charge in [0.1, 0.15) is 5.82 Å². The minimum absolute atomic E-state index is 0.0163. The van der Waals surface area contributed by atoms with Crippen LogP contribution >= 0.6 is 11.6 Å². The number of rotatable bonds is 4. The first kappa shape index (κ1) is 22.0. The van der Waals surface area contributed by atoms with Crippen LogP contribution in [0.3, 0.4) is 0 Å². The lowest BCUT2D eigenvalue weighted by Gasteiger charge is -2.30. The van der Waals surface area contributed by atoms with Gasteiger partial charge in [-0.05, 0) is 31.7 Å². The molecule has 7 nitrogen and oxygen atoms in total. The molecule has 0 bridgehead atoms. The minimum Gasteiger partial charge on any atom is -0.393 e. The van der Waals surface area contributed by atoms with Crippen molar-refractivity contribution in [3.05, 3.63) is 34.1 Å². The lowest BCUT2D eigenvalue weighted by atomic mass is 9.92. The maximum absolute atomic E-state index is 13.4. The van der Waals surface area contributed by atoms with Gasteiger partial charge >= 0.3 is 0 Å². The van der Waals surface area contributed by atoms with E-state index in [9.17, 15) is 18.7 Å². The van der Waals surface area contributed by atoms with Crippen molar-refractivity contribution in [3.8, 4) is 0 Å². The van der Waals surface area contributed by atoms with E-state index in [1.807, 2.05) is 4.68 Å². The van der Waals surface area contributed by atoms with Gasteiger partial charge in [-0.1, -0.05) is 11.6 Å². The predicted octanol–water partition coefficient (Wildman–Crippen LogP) is 4.02. The van der Waals surface area contributed by atoms with E-state index in [2.05, 4.69) is 4.98 Å². The number of anilines is 2. The van der Waals surface area contributed by atoms with Crippen molar-refractivity contribution in [1.29, 1.82) is 0 Å². The molecule has 0 spiro atoms. The van der Waals surface area contributed by atoms with Crippen molar-refractivity contribution in [1.82, 2.24) is 19.7 Å². The van der Waals surface area contributed by atoms with E-state index in [4.69, 9.17) is 16.7 Å². The number of halogens is 3. The molecule has 168 valence electrons. The monoisotopic (exact) mass is 453 g/mol. The normalized spacial score (nSPS) is 21.3. The molecular formula is C21H26ClF2N5O2. The van der Waals surface area contributed by atoms with E-state index in [-0.39, 0.29) is 28.6 Å². The van der Waals surface area contributed by atoms with Gasteiger partial charge in [-0.3, -0.25) is 9.48 Å². The highest BCUT2D eigenvalue weighted by Gasteiger charge is 2.32. The van der Waals surface area contributed by atoms with Crippen LogP contribution < -0.4 is 4.90 Å². The molecule has 1 saturated carbocycles. The molecule has 31 heavy (non-hydrogen) atoms. The molecule has 2 aliphatic rings. The highest BCUT2D eigenvalue weighted by molar-refractivity contribution is 6.31. The van der Waals surface area contributed by atoms with Crippen molar-refractivity contribution >= 4 is 29.1 Å². The number of fused-ring (bicyclic) bond motifs is 1. The zero-order valence-electron chi connectivity index (χ0n) is 17.6. The topological polar surface area (TPSA) is 74.5 Å². The van der Waals surface area contributed by atoms with Gasteiger partial charge in [0.15, 0.2) is 5.82 Å². The first-order chi connectivity index (χ1) is 14.8. The number of pyridine rings is 1. The number of amides is 1. The van der Waals surface area contributed by atoms with Crippen LogP contribution in [0.4, 0.5) is 20.4 Å². The van der Waals surface area contributed by atoms with Crippen molar-refractivity contribution in [2.75, 3.05) is 18.5 Å². The highest BCUT2D eigenvalue weighted by atomic mass is 35.5. The van der Waals surface area contributed by atoms with E-state index in [0.29, 0.717) is 31.1 Å². The van der Waals surface area contributed by atoms with Crippen LogP contribution in [0.2, 0.25) is 5.02 Å². The summed E-state index contributed by atoms with van der Waals surface area (Å²) in [5, 5.41) is 14.7. The summed E-state index contributed by atoms with van der Waals surface area (Å²) in [6.07, 6.45) is 2.00. The Kier molecular flexibility index (Phi) is 6.16. The molecule has 1 aliphatic carbocycles. The summed E-state index contributed by atoms with van der Waals surface area (Å²) in [6, 6.07) is 1.44. The number of aliphatic hydroxyl groups is 1. The fraction of sp³-hybridized carbons (Fsp3) is 0.571. The van der Waals surface area contributed by atoms with Crippen molar-refractivity contribution in [2.45, 2.75) is 64.1 Å². The first-order valence-corrected chi connectivity index (χ1v) is 10.8. The molecule has 0 atom stereocenters. The highest BCUT2D eigenvalue weighted by Crippen LogP contribution is 2.38. The van der Waals surface area contributed by atoms with Gasteiger partial charge < -0.3 is 14.9 Å². The van der Waals surface area contributed by atoms with Crippen LogP contribution in [0.15, 0.2) is 12.3 Å². The number of alkyl halides is 2. The summed E-state index contributed by atoms with van der Waals surface area (Å²) in [6.45, 7) is 2.56. The van der Waals surface area contributed by atoms with Crippen LogP contribution in [-0.4, -0.2) is 50.4 Å². The fourth-order valence-electron chi connectivity index (χ4n) is 4.47. The summed E-state index contributed by atoms with van der Waals surface area (Å²) in [4.78, 5) is 19.7. The molecule has 1 aliphatic heterocycles. The molecule has 1 fully saturated rings. The van der Waals surface area contributed by atoms with Gasteiger partial charge in [0.05, 0.1) is 23.7 Å². The first-order valence-electron chi connectivity index (χ1n) is 10.5. The lowest BCUT2D eigenvalue weighted by Crippen LogP contribution is -2.35. The van der Waals surface area contributed by atoms with Gasteiger partial charge in [-0.2, -0.15) is 5.10 Å². The van der Waals surface area contributed by atoms with Gasteiger partial charge in [0.25, 0.3) is 6.43 Å². The summed E-state index contributed by atoms with van der Waals surface area (Å²) in [7, 11) is 1.73. The standard InChI is InChI=1S/C21H26ClF2N5O2/c1-12(30)28-8-7-18-16(11-28)21(26-29(18)13-3-5-14(31)6-4-13)27(2)19-9-15(20(23)24)17(22)10-25-19/h9-10,13-14,20,31H,3-8,11H2,1-2H3. The summed E-state index contributed by atoms with van der Waals surface area (Å²) >= 11 is 5.88. The predicted molar refractivity (Wildman–Crippen MR) is 113 cm³/mol. The second-order valence-electron chi connectivity index (χ2n) is 8.27. The van der Waals surface area contributed by atoms with Crippen LogP contribution in [0.5, 0.6) is 0 Å². The molecule has 3 heterocycles. The van der Waals surface area contributed by atoms with Gasteiger partial charge in [0.2, 0.25) is 5.91 Å². The number of hydrogen-bond donors (Lipinski definition) is 1. The number of aromatic nitrogens is 3. The average Bonchev–Trinajstić information content (AvgIpc) is 3.12. The summed E-state index contributed by atoms with van der Waals surface area (Å²) in [5.74, 6) is 0.894. The van der Waals surface area contributed by atoms with Gasteiger partial charge in [-0.25, -0.2) is 13.8 Å². The summed E-state index contributed by atoms with van der Waals surface area (Å²) in [5.41, 5.74) is 1.69. The second kappa shape index (κ2) is 8.70. The molecule has 10 heteroatoms. The van der Waals surface area contributed by atoms with E-state index >= 15 is 0 Å². The largest absolute Gasteiger partial charge is 0.393 e. The molecule has 0 radical (unpaired) electrons. The number of nitrogens with zero attached hydrogens (tertiary/aromatic N) is 5. The van der Waals surface area contributed by atoms with Crippen LogP contribution in [0, 0.1) is 0 Å². The number of aliphatic hydroxyl groups excluding tert-OH is 1. The zero-order valence-corrected chi connectivity index (χ0v) is 18.3. The van der Waals surface area contributed by atoms with E-state index in [1.165, 1.54) is 19.2 Å². The summed E-state index contributed by atoms with van der Waals surface area (Å²) < 4.78 is 28.7. The third-order valence-electron chi connectivity index (χ3n) is 6.29. The molecule has 2 aromatic rings. The van der Waals surface area contributed by atoms with Crippen molar-refractivity contribution in [3.63, 3.8) is 0 Å². The van der Waals surface area contributed by atoms with E-state index in [0.717, 1.165) is 36.9 Å². The maximum atomic E-state index is 13.4. The Labute approximate surface area is 184 Å². The van der Waals surface area contributed by atoms with Crippen LogP contribution in [0.25, 0.3) is 0 Å². The molecule has 0 saturated heterocycles. The van der Waals surface area contributed by atoms with E-state index < -0.39 is 6.43 Å². The molecule has 1 amide bonds. The smallest absolute Gasteiger partial charge is 0.265 e. The SMILES string of the molecule is CC(=O)N1CCc2c(c(N(C)c3cc(C(F)F)c(Cl)cn3)nn2C2CCC(O)CC2)C1. The molecule has 1 N–H and O–H groups in total. The third-order valence-corrected chi connectivity index (χ3v) is 6.60. The molecule has 0 unspecified atom stereocenters. The Morgan fingerprint density at radius 2 is 2.03 bits per heavy atom. The van der Waals surface area contributed by atoms with E-state index in [1.54, 1.807) is 16.8 Å². The molecule has 0 aromatic carbocycles. The van der Waals surface area contributed by atoms with Crippen molar-refractivity contribution in [2.24, 2.45) is 0 Å². The van der Waals surface area contributed by atoms with Crippen LogP contribution in [0.1, 0.15) is 61.9 Å². The molecule has 2 aromatic heterocycles. The van der Waals surface area contributed by atoms with Gasteiger partial charge in [-0.15, -0.1) is 0 Å². The minimum atomic E-state index is -2.71. The third kappa shape index (κ3) is 4.25. The quantitative estimate of drug-likeness (QED) is 0.756. The van der Waals surface area contributed by atoms with Crippen molar-refractivity contribution < 1.29 is 18.7 Å². The lowest BCUT2D eigenvalue weighted by molar-refractivity contribution is -0.129. The fourth-order valence-corrected chi connectivity index (χ4v) is 4.66.